The van der Waals surface area contributed by atoms with E-state index in [0.29, 0.717) is 6.54 Å². The van der Waals surface area contributed by atoms with Crippen molar-refractivity contribution in [1.29, 1.82) is 0 Å². The Kier molecular flexibility index (Phi) is 3.70. The van der Waals surface area contributed by atoms with Crippen molar-refractivity contribution in [3.63, 3.8) is 0 Å². The number of Topliss-reactive ketones (excluding diaryl/α,β-unsaturated/α-hetero) is 1. The molecule has 0 aromatic heterocycles. The number of ether oxygens (including phenoxy) is 1. The van der Waals surface area contributed by atoms with Crippen LogP contribution in [0.4, 0.5) is 4.79 Å². The molecule has 16 heavy (non-hydrogen) atoms. The molecule has 1 aliphatic rings. The number of carbonyl (C=O) groups excluding carboxylic acids is 2. The zero-order valence-corrected chi connectivity index (χ0v) is 9.77. The first-order chi connectivity index (χ1) is 7.35. The molecule has 0 bridgehead atoms. The maximum atomic E-state index is 11.7. The summed E-state index contributed by atoms with van der Waals surface area (Å²) in [6.07, 6.45) is 2.77. The number of aliphatic hydroxyl groups excluding tert-OH is 1. The van der Waals surface area contributed by atoms with E-state index in [1.165, 1.54) is 4.90 Å². The normalized spacial score (nSPS) is 20.0. The molecule has 1 N–H and O–H groups in total. The number of hydrogen-bond donors (Lipinski definition) is 1. The largest absolute Gasteiger partial charge is 0.444 e. The standard InChI is InChI=1S/C11H17NO4/c1-11(2,3)16-10(15)12-6-4-5-8(12)9(14)7-13/h4-5,8,13H,6-7H2,1-3H3/t8-/m0/s1. The van der Waals surface area contributed by atoms with Gasteiger partial charge in [0.1, 0.15) is 18.2 Å². The Hall–Kier alpha value is -1.36. The van der Waals surface area contributed by atoms with Gasteiger partial charge in [0.25, 0.3) is 0 Å². The van der Waals surface area contributed by atoms with Crippen molar-refractivity contribution in [1.82, 2.24) is 4.90 Å². The van der Waals surface area contributed by atoms with Crippen LogP contribution in [0.5, 0.6) is 0 Å². The molecule has 0 saturated carbocycles. The first-order valence-electron chi connectivity index (χ1n) is 5.15. The molecule has 0 unspecified atom stereocenters. The molecule has 0 aromatic rings. The molecule has 0 saturated heterocycles. The zero-order valence-electron chi connectivity index (χ0n) is 9.77. The predicted molar refractivity (Wildman–Crippen MR) is 58.0 cm³/mol. The molecule has 90 valence electrons. The molecule has 1 rings (SSSR count). The lowest BCUT2D eigenvalue weighted by Gasteiger charge is -2.27. The average Bonchev–Trinajstić information content (AvgIpc) is 2.62. The van der Waals surface area contributed by atoms with Gasteiger partial charge in [-0.3, -0.25) is 9.69 Å². The fourth-order valence-corrected chi connectivity index (χ4v) is 1.40. The average molecular weight is 227 g/mol. The van der Waals surface area contributed by atoms with Gasteiger partial charge in [-0.25, -0.2) is 4.79 Å². The SMILES string of the molecule is CC(C)(C)OC(=O)N1CC=C[C@H]1C(=O)CO. The van der Waals surface area contributed by atoms with Crippen molar-refractivity contribution < 1.29 is 19.4 Å². The van der Waals surface area contributed by atoms with E-state index < -0.39 is 30.1 Å². The summed E-state index contributed by atoms with van der Waals surface area (Å²) < 4.78 is 5.16. The fourth-order valence-electron chi connectivity index (χ4n) is 1.40. The summed E-state index contributed by atoms with van der Waals surface area (Å²) in [5.74, 6) is -0.403. The summed E-state index contributed by atoms with van der Waals surface area (Å²) >= 11 is 0. The van der Waals surface area contributed by atoms with Crippen LogP contribution in [0.3, 0.4) is 0 Å². The van der Waals surface area contributed by atoms with Crippen LogP contribution >= 0.6 is 0 Å². The van der Waals surface area contributed by atoms with E-state index in [2.05, 4.69) is 0 Å². The Morgan fingerprint density at radius 3 is 2.62 bits per heavy atom. The van der Waals surface area contributed by atoms with Gasteiger partial charge in [-0.05, 0) is 20.8 Å². The van der Waals surface area contributed by atoms with Crippen LogP contribution < -0.4 is 0 Å². The number of amides is 1. The van der Waals surface area contributed by atoms with Crippen molar-refractivity contribution >= 4 is 11.9 Å². The van der Waals surface area contributed by atoms with Gasteiger partial charge in [0.05, 0.1) is 0 Å². The van der Waals surface area contributed by atoms with Gasteiger partial charge in [-0.1, -0.05) is 12.2 Å². The highest BCUT2D eigenvalue weighted by atomic mass is 16.6. The Balaban J connectivity index is 2.67. The van der Waals surface area contributed by atoms with Crippen molar-refractivity contribution in [3.8, 4) is 0 Å². The highest BCUT2D eigenvalue weighted by Gasteiger charge is 2.32. The number of carbonyl (C=O) groups is 2. The van der Waals surface area contributed by atoms with Gasteiger partial charge >= 0.3 is 6.09 Å². The lowest BCUT2D eigenvalue weighted by atomic mass is 10.2. The Morgan fingerprint density at radius 1 is 1.50 bits per heavy atom. The monoisotopic (exact) mass is 227 g/mol. The molecule has 5 nitrogen and oxygen atoms in total. The lowest BCUT2D eigenvalue weighted by molar-refractivity contribution is -0.125. The van der Waals surface area contributed by atoms with Crippen LogP contribution in [-0.4, -0.2) is 46.7 Å². The van der Waals surface area contributed by atoms with E-state index >= 15 is 0 Å². The number of rotatable bonds is 2. The molecule has 1 aliphatic heterocycles. The number of nitrogens with zero attached hydrogens (tertiary/aromatic N) is 1. The summed E-state index contributed by atoms with van der Waals surface area (Å²) in [7, 11) is 0. The maximum Gasteiger partial charge on any atom is 0.411 e. The highest BCUT2D eigenvalue weighted by molar-refractivity contribution is 5.90. The summed E-state index contributed by atoms with van der Waals surface area (Å²) in [6.45, 7) is 5.05. The van der Waals surface area contributed by atoms with Crippen LogP contribution in [0.25, 0.3) is 0 Å². The number of aliphatic hydroxyl groups is 1. The molecule has 0 radical (unpaired) electrons. The third kappa shape index (κ3) is 3.06. The second-order valence-electron chi connectivity index (χ2n) is 4.63. The van der Waals surface area contributed by atoms with Gasteiger partial charge in [0.2, 0.25) is 0 Å². The van der Waals surface area contributed by atoms with E-state index in [1.54, 1.807) is 32.9 Å². The molecule has 0 aliphatic carbocycles. The van der Waals surface area contributed by atoms with Crippen molar-refractivity contribution in [2.45, 2.75) is 32.4 Å². The molecule has 0 fully saturated rings. The first-order valence-corrected chi connectivity index (χ1v) is 5.15. The minimum atomic E-state index is -0.695. The molecule has 1 atom stereocenters. The lowest BCUT2D eigenvalue weighted by Crippen LogP contribution is -2.44. The summed E-state index contributed by atoms with van der Waals surface area (Å²) in [5.41, 5.74) is -0.591. The van der Waals surface area contributed by atoms with Crippen molar-refractivity contribution in [3.05, 3.63) is 12.2 Å². The van der Waals surface area contributed by atoms with Gasteiger partial charge in [-0.15, -0.1) is 0 Å². The number of hydrogen-bond acceptors (Lipinski definition) is 4. The molecule has 1 amide bonds. The Bertz CT molecular complexity index is 316. The second-order valence-corrected chi connectivity index (χ2v) is 4.63. The van der Waals surface area contributed by atoms with E-state index in [9.17, 15) is 9.59 Å². The molecule has 1 heterocycles. The summed E-state index contributed by atoms with van der Waals surface area (Å²) in [5, 5.41) is 8.77. The van der Waals surface area contributed by atoms with Crippen LogP contribution in [0, 0.1) is 0 Å². The van der Waals surface area contributed by atoms with Crippen LogP contribution in [0.15, 0.2) is 12.2 Å². The smallest absolute Gasteiger partial charge is 0.411 e. The van der Waals surface area contributed by atoms with Gasteiger partial charge < -0.3 is 9.84 Å². The van der Waals surface area contributed by atoms with Gasteiger partial charge in [-0.2, -0.15) is 0 Å². The minimum Gasteiger partial charge on any atom is -0.444 e. The predicted octanol–water partition coefficient (Wildman–Crippen LogP) is 0.723. The Labute approximate surface area is 94.7 Å². The molecular formula is C11H17NO4. The fraction of sp³-hybridized carbons (Fsp3) is 0.636. The minimum absolute atomic E-state index is 0.339. The van der Waals surface area contributed by atoms with Crippen molar-refractivity contribution in [2.75, 3.05) is 13.2 Å². The van der Waals surface area contributed by atoms with E-state index in [4.69, 9.17) is 9.84 Å². The van der Waals surface area contributed by atoms with Crippen LogP contribution in [0.2, 0.25) is 0 Å². The van der Waals surface area contributed by atoms with Crippen LogP contribution in [0.1, 0.15) is 20.8 Å². The molecule has 0 aromatic carbocycles. The third-order valence-corrected chi connectivity index (χ3v) is 2.07. The van der Waals surface area contributed by atoms with E-state index in [0.717, 1.165) is 0 Å². The van der Waals surface area contributed by atoms with E-state index in [-0.39, 0.29) is 0 Å². The van der Waals surface area contributed by atoms with Crippen molar-refractivity contribution in [2.24, 2.45) is 0 Å². The third-order valence-electron chi connectivity index (χ3n) is 2.07. The summed E-state index contributed by atoms with van der Waals surface area (Å²) in [4.78, 5) is 24.4. The number of ketones is 1. The van der Waals surface area contributed by atoms with Crippen LogP contribution in [-0.2, 0) is 9.53 Å². The summed E-state index contributed by atoms with van der Waals surface area (Å²) in [6, 6.07) is -0.695. The topological polar surface area (TPSA) is 66.8 Å². The molecule has 0 spiro atoms. The second kappa shape index (κ2) is 4.65. The van der Waals surface area contributed by atoms with Gasteiger partial charge in [0.15, 0.2) is 5.78 Å². The van der Waals surface area contributed by atoms with E-state index in [1.807, 2.05) is 0 Å². The molecule has 5 heteroatoms. The van der Waals surface area contributed by atoms with Gasteiger partial charge in [0, 0.05) is 6.54 Å². The first kappa shape index (κ1) is 12.7. The maximum absolute atomic E-state index is 11.7. The zero-order chi connectivity index (χ0) is 12.3. The Morgan fingerprint density at radius 2 is 2.12 bits per heavy atom. The highest BCUT2D eigenvalue weighted by Crippen LogP contribution is 2.16. The molecular weight excluding hydrogens is 210 g/mol. The quantitative estimate of drug-likeness (QED) is 0.706.